The summed E-state index contributed by atoms with van der Waals surface area (Å²) in [7, 11) is -3.06. The van der Waals surface area contributed by atoms with Gasteiger partial charge < -0.3 is 41.2 Å². The second-order valence-corrected chi connectivity index (χ2v) is 36.5. The Hall–Kier alpha value is -3.51. The van der Waals surface area contributed by atoms with Crippen LogP contribution in [0, 0.1) is 10.4 Å². The molecule has 2 saturated heterocycles. The smallest absolute Gasteiger partial charge is 0.407 e. The lowest BCUT2D eigenvalue weighted by atomic mass is 10.1. The van der Waals surface area contributed by atoms with Gasteiger partial charge in [0.1, 0.15) is 31.4 Å². The molecule has 0 aliphatic carbocycles. The van der Waals surface area contributed by atoms with Crippen LogP contribution in [0.1, 0.15) is 75.3 Å². The number of thioether (sulfide) groups is 4. The van der Waals surface area contributed by atoms with Gasteiger partial charge in [-0.25, -0.2) is 4.79 Å². The first-order valence-electron chi connectivity index (χ1n) is 23.0. The van der Waals surface area contributed by atoms with E-state index in [1.54, 1.807) is 20.8 Å². The molecular weight excluding hydrogens is 1050 g/mol. The van der Waals surface area contributed by atoms with Gasteiger partial charge in [-0.05, 0) is 57.8 Å². The van der Waals surface area contributed by atoms with Crippen molar-refractivity contribution in [2.75, 3.05) is 68.9 Å². The minimum absolute atomic E-state index is 0.00774. The van der Waals surface area contributed by atoms with Gasteiger partial charge in [0.15, 0.2) is 0 Å². The first kappa shape index (κ1) is 59.1. The molecule has 1 atom stereocenters. The fourth-order valence-corrected chi connectivity index (χ4v) is 16.0. The third-order valence-electron chi connectivity index (χ3n) is 10.2. The maximum Gasteiger partial charge on any atom is 0.407 e. The van der Waals surface area contributed by atoms with Gasteiger partial charge in [0.2, 0.25) is 5.91 Å². The number of carbonyl (C=O) groups excluding carboxylic acids is 6. The third-order valence-corrected chi connectivity index (χ3v) is 19.5. The van der Waals surface area contributed by atoms with Crippen LogP contribution in [0.5, 0.6) is 0 Å². The maximum absolute atomic E-state index is 14.1. The van der Waals surface area contributed by atoms with E-state index in [9.17, 15) is 39.2 Å². The van der Waals surface area contributed by atoms with Crippen LogP contribution in [0.15, 0.2) is 34.3 Å². The van der Waals surface area contributed by atoms with E-state index in [0.717, 1.165) is 12.1 Å². The number of hydrogen-bond acceptors (Lipinski definition) is 16. The molecule has 4 N–H and O–H groups in total. The van der Waals surface area contributed by atoms with Crippen LogP contribution in [-0.2, 0) is 14.3 Å². The molecule has 4 heterocycles. The average molecular weight is 1120 g/mol. The molecule has 4 rings (SSSR count). The summed E-state index contributed by atoms with van der Waals surface area (Å²) in [6.45, 7) is 19.6. The average Bonchev–Trinajstić information content (AvgIpc) is 3.90. The molecule has 26 heteroatoms. The zero-order valence-electron chi connectivity index (χ0n) is 41.3. The fraction of sp³-hybridized carbons (Fsp3) is 0.591. The van der Waals surface area contributed by atoms with Crippen LogP contribution in [-0.4, -0.2) is 151 Å². The van der Waals surface area contributed by atoms with E-state index in [-0.39, 0.29) is 78.3 Å². The van der Waals surface area contributed by atoms with E-state index < -0.39 is 63.4 Å². The van der Waals surface area contributed by atoms with E-state index in [4.69, 9.17) is 33.9 Å². The van der Waals surface area contributed by atoms with Crippen molar-refractivity contribution in [3.05, 3.63) is 57.2 Å². The Kier molecular flexibility index (Phi) is 22.8. The van der Waals surface area contributed by atoms with Crippen LogP contribution in [0.3, 0.4) is 0 Å². The number of nitrogens with zero attached hydrogens (tertiary/aromatic N) is 4. The lowest BCUT2D eigenvalue weighted by Gasteiger charge is -2.20. The molecule has 0 saturated carbocycles. The molecule has 18 nitrogen and oxygen atoms in total. The minimum Gasteiger partial charge on any atom is -0.617 e. The second kappa shape index (κ2) is 27.0. The molecule has 386 valence electrons. The predicted octanol–water partition coefficient (Wildman–Crippen LogP) is 5.73. The van der Waals surface area contributed by atoms with E-state index in [1.165, 1.54) is 81.1 Å². The van der Waals surface area contributed by atoms with Crippen molar-refractivity contribution in [2.24, 2.45) is 0 Å². The van der Waals surface area contributed by atoms with Gasteiger partial charge in [0.25, 0.3) is 33.3 Å². The molecule has 0 aromatic carbocycles. The Morgan fingerprint density at radius 1 is 0.729 bits per heavy atom. The Morgan fingerprint density at radius 2 is 1.20 bits per heavy atom. The molecule has 2 aliphatic heterocycles. The molecule has 1 unspecified atom stereocenters. The van der Waals surface area contributed by atoms with Crippen molar-refractivity contribution in [2.45, 2.75) is 107 Å². The van der Waals surface area contributed by atoms with Gasteiger partial charge in [-0.2, -0.15) is 9.46 Å². The maximum atomic E-state index is 14.1. The molecule has 0 spiro atoms. The number of thiocarbonyl (C=S) groups is 2. The molecule has 70 heavy (non-hydrogen) atoms. The van der Waals surface area contributed by atoms with Gasteiger partial charge in [0, 0.05) is 84.0 Å². The summed E-state index contributed by atoms with van der Waals surface area (Å²) >= 11 is 16.0. The van der Waals surface area contributed by atoms with E-state index in [1.807, 2.05) is 0 Å². The van der Waals surface area contributed by atoms with Crippen LogP contribution in [0.4, 0.5) is 4.79 Å². The number of aromatic nitrogens is 2. The number of pyridine rings is 2. The molecule has 2 aromatic heterocycles. The Bertz CT molecular complexity index is 2280. The number of ether oxygens (including phenoxy) is 2. The summed E-state index contributed by atoms with van der Waals surface area (Å²) in [6, 6.07) is 5.99. The summed E-state index contributed by atoms with van der Waals surface area (Å²) in [4.78, 5) is 83.5. The zero-order chi connectivity index (χ0) is 52.0. The highest BCUT2D eigenvalue weighted by Gasteiger charge is 2.35. The van der Waals surface area contributed by atoms with Crippen LogP contribution in [0.2, 0.25) is 51.4 Å². The Morgan fingerprint density at radius 3 is 1.64 bits per heavy atom. The lowest BCUT2D eigenvalue weighted by molar-refractivity contribution is -0.648. The SMILES string of the molecule is CC(C)(C)OC(=O)NCCOCCNC(=O)C(CCCNC(=O)c1ccc(C(=O)N2CCSC2=S)c(SCC[Si](C)(C)C)[n+]1[O-])NC(=O)c1ccc(C(=O)N2CCSC2=S)c(SCC[Si](C)(C)C)[n+]1[O-]. The van der Waals surface area contributed by atoms with Gasteiger partial charge in [-0.1, -0.05) is 111 Å². The largest absolute Gasteiger partial charge is 0.617 e. The van der Waals surface area contributed by atoms with Crippen molar-refractivity contribution >= 4 is 132 Å². The molecule has 0 radical (unpaired) electrons. The highest BCUT2D eigenvalue weighted by atomic mass is 32.2. The van der Waals surface area contributed by atoms with Crippen molar-refractivity contribution in [3.63, 3.8) is 0 Å². The van der Waals surface area contributed by atoms with Gasteiger partial charge in [0.05, 0.1) is 13.2 Å². The molecule has 6 amide bonds. The Balaban J connectivity index is 1.51. The molecule has 2 aromatic rings. The third kappa shape index (κ3) is 18.5. The monoisotopic (exact) mass is 1110 g/mol. The van der Waals surface area contributed by atoms with Crippen molar-refractivity contribution in [3.8, 4) is 0 Å². The predicted molar refractivity (Wildman–Crippen MR) is 292 cm³/mol. The summed E-state index contributed by atoms with van der Waals surface area (Å²) in [5.41, 5.74) is -0.929. The second-order valence-electron chi connectivity index (χ2n) is 19.7. The number of nitrogens with one attached hydrogen (secondary N) is 4. The first-order valence-corrected chi connectivity index (χ1v) is 35.1. The van der Waals surface area contributed by atoms with Crippen molar-refractivity contribution < 1.29 is 47.7 Å². The number of alkyl carbamates (subject to hydrolysis) is 1. The molecule has 0 bridgehead atoms. The van der Waals surface area contributed by atoms with E-state index in [2.05, 4.69) is 60.5 Å². The fourth-order valence-electron chi connectivity index (χ4n) is 6.44. The number of carbonyl (C=O) groups is 6. The van der Waals surface area contributed by atoms with Crippen LogP contribution < -0.4 is 30.7 Å². The normalized spacial score (nSPS) is 14.6. The van der Waals surface area contributed by atoms with E-state index in [0.29, 0.717) is 54.2 Å². The van der Waals surface area contributed by atoms with Crippen molar-refractivity contribution in [1.82, 2.24) is 31.1 Å². The summed E-state index contributed by atoms with van der Waals surface area (Å²) in [6.07, 6.45) is -0.459. The highest BCUT2D eigenvalue weighted by molar-refractivity contribution is 8.23. The number of hydrogen-bond donors (Lipinski definition) is 4. The highest BCUT2D eigenvalue weighted by Crippen LogP contribution is 2.29. The molecular formula is C44H66N8O10S6Si2. The minimum atomic E-state index is -1.55. The summed E-state index contributed by atoms with van der Waals surface area (Å²) in [5, 5.41) is 38.9. The molecule has 2 aliphatic rings. The van der Waals surface area contributed by atoms with Crippen LogP contribution >= 0.6 is 71.5 Å². The Labute approximate surface area is 440 Å². The lowest BCUT2D eigenvalue weighted by Crippen LogP contribution is -2.51. The van der Waals surface area contributed by atoms with Crippen molar-refractivity contribution in [1.29, 1.82) is 0 Å². The molecule has 2 fully saturated rings. The van der Waals surface area contributed by atoms with Crippen LogP contribution in [0.25, 0.3) is 0 Å². The topological polar surface area (TPSA) is 229 Å². The van der Waals surface area contributed by atoms with Gasteiger partial charge in [-0.3, -0.25) is 33.8 Å². The first-order chi connectivity index (χ1) is 32.8. The van der Waals surface area contributed by atoms with E-state index >= 15 is 0 Å². The number of rotatable bonds is 24. The standard InChI is InChI=1S/C44H66N8O10S6Si2/c1-44(2,3)62-41(58)47-18-22-61-21-17-46-34(53)31(48-36(55)33-15-13-30(38(57)50-20-24-68-43(50)64)40(52(33)60)66-26-28-70(7,8)9)11-10-16-45-35(54)32-14-12-29(37(56)49-19-23-67-42(49)63)39(51(32)59)65-25-27-69(4,5)6/h12-15,31H,10-11,16-28H2,1-9H3,(H,45,54)(H,46,53)(H,47,58)(H,48,55). The summed E-state index contributed by atoms with van der Waals surface area (Å²) < 4.78 is 12.5. The van der Waals surface area contributed by atoms with Gasteiger partial charge >= 0.3 is 17.9 Å². The zero-order valence-corrected chi connectivity index (χ0v) is 48.2. The summed E-state index contributed by atoms with van der Waals surface area (Å²) in [5.74, 6) is -0.595. The number of amides is 6. The quantitative estimate of drug-likeness (QED) is 0.0246. The van der Waals surface area contributed by atoms with Gasteiger partial charge in [-0.15, -0.1) is 0 Å².